The Kier molecular flexibility index (Phi) is 5.33. The first-order chi connectivity index (χ1) is 12.1. The summed E-state index contributed by atoms with van der Waals surface area (Å²) in [4.78, 5) is 24.8. The predicted octanol–water partition coefficient (Wildman–Crippen LogP) is 3.01. The third kappa shape index (κ3) is 5.35. The number of benzene rings is 2. The van der Waals surface area contributed by atoms with Gasteiger partial charge in [0.15, 0.2) is 0 Å². The maximum atomic E-state index is 12.5. The van der Waals surface area contributed by atoms with E-state index in [1.807, 2.05) is 61.5 Å². The van der Waals surface area contributed by atoms with Crippen molar-refractivity contribution in [3.63, 3.8) is 0 Å². The van der Waals surface area contributed by atoms with Gasteiger partial charge in [-0.15, -0.1) is 0 Å². The first-order valence-electron chi connectivity index (χ1n) is 8.58. The lowest BCUT2D eigenvalue weighted by molar-refractivity contribution is -0.123. The van der Waals surface area contributed by atoms with E-state index in [-0.39, 0.29) is 18.0 Å². The number of anilines is 1. The number of hydrogen-bond donors (Lipinski definition) is 3. The number of hydrogen-bond acceptors (Lipinski definition) is 2. The highest BCUT2D eigenvalue weighted by Crippen LogP contribution is 2.19. The normalized spacial score (nSPS) is 14.4. The van der Waals surface area contributed by atoms with Crippen LogP contribution < -0.4 is 16.0 Å². The highest BCUT2D eigenvalue weighted by molar-refractivity contribution is 5.94. The van der Waals surface area contributed by atoms with E-state index in [0.29, 0.717) is 12.1 Å². The van der Waals surface area contributed by atoms with E-state index in [1.54, 1.807) is 0 Å². The summed E-state index contributed by atoms with van der Waals surface area (Å²) in [5.41, 5.74) is 2.83. The van der Waals surface area contributed by atoms with Crippen LogP contribution in [0.1, 0.15) is 24.0 Å². The largest absolute Gasteiger partial charge is 0.352 e. The summed E-state index contributed by atoms with van der Waals surface area (Å²) < 4.78 is 0. The van der Waals surface area contributed by atoms with Crippen molar-refractivity contribution in [3.8, 4) is 0 Å². The second kappa shape index (κ2) is 7.83. The maximum Gasteiger partial charge on any atom is 0.319 e. The van der Waals surface area contributed by atoms with Crippen LogP contribution >= 0.6 is 0 Å². The van der Waals surface area contributed by atoms with Crippen LogP contribution in [-0.4, -0.2) is 24.0 Å². The van der Waals surface area contributed by atoms with Crippen molar-refractivity contribution < 1.29 is 9.59 Å². The number of carbonyl (C=O) groups excluding carboxylic acids is 2. The lowest BCUT2D eigenvalue weighted by Gasteiger charge is -2.19. The predicted molar refractivity (Wildman–Crippen MR) is 98.4 cm³/mol. The molecule has 0 aromatic heterocycles. The summed E-state index contributed by atoms with van der Waals surface area (Å²) in [6.45, 7) is 1.99. The van der Waals surface area contributed by atoms with Crippen LogP contribution in [0.2, 0.25) is 0 Å². The number of nitrogens with one attached hydrogen (secondary N) is 3. The van der Waals surface area contributed by atoms with Crippen molar-refractivity contribution >= 4 is 17.6 Å². The van der Waals surface area contributed by atoms with E-state index in [1.165, 1.54) is 0 Å². The molecule has 0 radical (unpaired) electrons. The van der Waals surface area contributed by atoms with Gasteiger partial charge in [-0.1, -0.05) is 48.0 Å². The Bertz CT molecular complexity index is 724. The van der Waals surface area contributed by atoms with Crippen molar-refractivity contribution in [1.82, 2.24) is 10.6 Å². The molecule has 1 atom stereocenters. The molecule has 0 heterocycles. The Morgan fingerprint density at radius 3 is 2.36 bits per heavy atom. The quantitative estimate of drug-likeness (QED) is 0.758. The van der Waals surface area contributed by atoms with Crippen molar-refractivity contribution in [2.24, 2.45) is 0 Å². The molecule has 3 N–H and O–H groups in total. The number of amides is 3. The van der Waals surface area contributed by atoms with Crippen LogP contribution in [0.5, 0.6) is 0 Å². The standard InChI is InChI=1S/C20H23N3O2/c1-14-7-9-17(10-8-14)22-20(25)23-18(19(24)21-16-11-12-16)13-15-5-3-2-4-6-15/h2-10,16,18H,11-13H2,1H3,(H,21,24)(H2,22,23,25)/t18-/m1/s1. The van der Waals surface area contributed by atoms with Gasteiger partial charge in [-0.25, -0.2) is 4.79 Å². The molecule has 130 valence electrons. The molecule has 1 saturated carbocycles. The minimum atomic E-state index is -0.603. The topological polar surface area (TPSA) is 70.2 Å². The van der Waals surface area contributed by atoms with Gasteiger partial charge in [0.2, 0.25) is 5.91 Å². The molecule has 5 nitrogen and oxygen atoms in total. The fourth-order valence-corrected chi connectivity index (χ4v) is 2.55. The second-order valence-electron chi connectivity index (χ2n) is 6.49. The summed E-state index contributed by atoms with van der Waals surface area (Å²) >= 11 is 0. The van der Waals surface area contributed by atoms with Crippen molar-refractivity contribution in [2.45, 2.75) is 38.3 Å². The molecule has 1 aliphatic rings. The zero-order valence-electron chi connectivity index (χ0n) is 14.3. The van der Waals surface area contributed by atoms with Gasteiger partial charge in [-0.05, 0) is 37.5 Å². The van der Waals surface area contributed by atoms with Crippen molar-refractivity contribution in [1.29, 1.82) is 0 Å². The van der Waals surface area contributed by atoms with Crippen molar-refractivity contribution in [2.75, 3.05) is 5.32 Å². The van der Waals surface area contributed by atoms with E-state index in [4.69, 9.17) is 0 Å². The summed E-state index contributed by atoms with van der Waals surface area (Å²) in [5, 5.41) is 8.55. The minimum absolute atomic E-state index is 0.134. The fraction of sp³-hybridized carbons (Fsp3) is 0.300. The van der Waals surface area contributed by atoms with Crippen molar-refractivity contribution in [3.05, 3.63) is 65.7 Å². The highest BCUT2D eigenvalue weighted by Gasteiger charge is 2.28. The molecular weight excluding hydrogens is 314 g/mol. The third-order valence-electron chi connectivity index (χ3n) is 4.14. The molecule has 2 aromatic rings. The number of carbonyl (C=O) groups is 2. The van der Waals surface area contributed by atoms with Gasteiger partial charge in [-0.3, -0.25) is 4.79 Å². The zero-order valence-corrected chi connectivity index (χ0v) is 14.3. The van der Waals surface area contributed by atoms with Crippen LogP contribution in [0, 0.1) is 6.92 Å². The van der Waals surface area contributed by atoms with Gasteiger partial charge in [0.25, 0.3) is 0 Å². The lowest BCUT2D eigenvalue weighted by atomic mass is 10.1. The van der Waals surface area contributed by atoms with E-state index >= 15 is 0 Å². The molecule has 3 amide bonds. The number of rotatable bonds is 6. The Balaban J connectivity index is 1.64. The lowest BCUT2D eigenvalue weighted by Crippen LogP contribution is -2.49. The Morgan fingerprint density at radius 1 is 1.04 bits per heavy atom. The van der Waals surface area contributed by atoms with E-state index in [2.05, 4.69) is 16.0 Å². The third-order valence-corrected chi connectivity index (χ3v) is 4.14. The SMILES string of the molecule is Cc1ccc(NC(=O)N[C@H](Cc2ccccc2)C(=O)NC2CC2)cc1. The van der Waals surface area contributed by atoms with Crippen LogP contribution in [-0.2, 0) is 11.2 Å². The van der Waals surface area contributed by atoms with Gasteiger partial charge in [0.1, 0.15) is 6.04 Å². The highest BCUT2D eigenvalue weighted by atomic mass is 16.2. The minimum Gasteiger partial charge on any atom is -0.352 e. The van der Waals surface area contributed by atoms with Crippen LogP contribution in [0.15, 0.2) is 54.6 Å². The van der Waals surface area contributed by atoms with Crippen LogP contribution in [0.4, 0.5) is 10.5 Å². The molecule has 0 unspecified atom stereocenters. The Hall–Kier alpha value is -2.82. The number of aryl methyl sites for hydroxylation is 1. The van der Waals surface area contributed by atoms with E-state index in [0.717, 1.165) is 24.0 Å². The zero-order chi connectivity index (χ0) is 17.6. The smallest absolute Gasteiger partial charge is 0.319 e. The summed E-state index contributed by atoms with van der Waals surface area (Å²) in [7, 11) is 0. The first-order valence-corrected chi connectivity index (χ1v) is 8.58. The fourth-order valence-electron chi connectivity index (χ4n) is 2.55. The van der Waals surface area contributed by atoms with Gasteiger partial charge >= 0.3 is 6.03 Å². The second-order valence-corrected chi connectivity index (χ2v) is 6.49. The Labute approximate surface area is 147 Å². The molecule has 3 rings (SSSR count). The van der Waals surface area contributed by atoms with Crippen LogP contribution in [0.3, 0.4) is 0 Å². The molecule has 1 fully saturated rings. The van der Waals surface area contributed by atoms with E-state index in [9.17, 15) is 9.59 Å². The Morgan fingerprint density at radius 2 is 1.72 bits per heavy atom. The summed E-state index contributed by atoms with van der Waals surface area (Å²) in [5.74, 6) is -0.134. The summed E-state index contributed by atoms with van der Waals surface area (Å²) in [6, 6.07) is 16.5. The number of urea groups is 1. The molecule has 1 aliphatic carbocycles. The molecule has 25 heavy (non-hydrogen) atoms. The van der Waals surface area contributed by atoms with Crippen LogP contribution in [0.25, 0.3) is 0 Å². The van der Waals surface area contributed by atoms with Gasteiger partial charge in [0, 0.05) is 18.2 Å². The monoisotopic (exact) mass is 337 g/mol. The molecule has 0 aliphatic heterocycles. The molecule has 0 spiro atoms. The molecule has 0 saturated heterocycles. The molecular formula is C20H23N3O2. The van der Waals surface area contributed by atoms with Gasteiger partial charge < -0.3 is 16.0 Å². The molecule has 5 heteroatoms. The maximum absolute atomic E-state index is 12.5. The van der Waals surface area contributed by atoms with E-state index < -0.39 is 6.04 Å². The van der Waals surface area contributed by atoms with Gasteiger partial charge in [0.05, 0.1) is 0 Å². The molecule has 0 bridgehead atoms. The first kappa shape index (κ1) is 17.0. The molecule has 2 aromatic carbocycles. The average molecular weight is 337 g/mol. The summed E-state index contributed by atoms with van der Waals surface area (Å²) in [6.07, 6.45) is 2.49. The van der Waals surface area contributed by atoms with Gasteiger partial charge in [-0.2, -0.15) is 0 Å². The average Bonchev–Trinajstić information content (AvgIpc) is 3.41.